The SMILES string of the molecule is CC(C)C(=O)c1nc2ccccc2c(=O)n1[C@H]1C[C@@]2(OC1=O)c1ccccc1N1C(=O)C(C)(C)N(O)[C@@H]12. The lowest BCUT2D eigenvalue weighted by Crippen LogP contribution is -2.52. The third-order valence-corrected chi connectivity index (χ3v) is 7.74. The zero-order valence-electron chi connectivity index (χ0n) is 20.8. The number of aromatic nitrogens is 2. The van der Waals surface area contributed by atoms with Crippen molar-refractivity contribution in [1.82, 2.24) is 14.6 Å². The summed E-state index contributed by atoms with van der Waals surface area (Å²) in [5, 5.41) is 12.4. The molecule has 2 saturated heterocycles. The van der Waals surface area contributed by atoms with Crippen LogP contribution in [0.15, 0.2) is 53.3 Å². The molecule has 37 heavy (non-hydrogen) atoms. The lowest BCUT2D eigenvalue weighted by Gasteiger charge is -2.35. The van der Waals surface area contributed by atoms with Crippen LogP contribution in [0.25, 0.3) is 10.9 Å². The largest absolute Gasteiger partial charge is 0.449 e. The third-order valence-electron chi connectivity index (χ3n) is 7.74. The number of amides is 1. The van der Waals surface area contributed by atoms with Crippen molar-refractivity contribution in [3.63, 3.8) is 0 Å². The number of para-hydroxylation sites is 2. The van der Waals surface area contributed by atoms with Gasteiger partial charge in [-0.05, 0) is 32.0 Å². The number of ether oxygens (including phenoxy) is 1. The average Bonchev–Trinajstić information content (AvgIpc) is 3.42. The lowest BCUT2D eigenvalue weighted by molar-refractivity contribution is -0.209. The number of hydrogen-bond acceptors (Lipinski definition) is 8. The molecule has 190 valence electrons. The summed E-state index contributed by atoms with van der Waals surface area (Å²) in [7, 11) is 0. The number of esters is 1. The van der Waals surface area contributed by atoms with Crippen LogP contribution in [0.5, 0.6) is 0 Å². The third kappa shape index (κ3) is 2.90. The van der Waals surface area contributed by atoms with E-state index >= 15 is 0 Å². The number of hydroxylamine groups is 2. The monoisotopic (exact) mass is 502 g/mol. The first kappa shape index (κ1) is 23.5. The van der Waals surface area contributed by atoms with Crippen molar-refractivity contribution < 1.29 is 24.3 Å². The molecule has 0 unspecified atom stereocenters. The standard InChI is InChI=1S/C27H26N4O6/c1-14(2)20(32)21-28-17-11-7-5-9-15(17)22(33)29(21)19-13-27(37-23(19)34)16-10-6-8-12-18(16)30-24(27)31(36)26(3,4)25(30)35/h5-12,14,19,24,36H,13H2,1-4H3/t19-,24+,27+/m0/s1. The van der Waals surface area contributed by atoms with Crippen LogP contribution < -0.4 is 10.5 Å². The Morgan fingerprint density at radius 2 is 1.76 bits per heavy atom. The van der Waals surface area contributed by atoms with Gasteiger partial charge in [-0.25, -0.2) is 9.78 Å². The van der Waals surface area contributed by atoms with E-state index < -0.39 is 40.8 Å². The van der Waals surface area contributed by atoms with Gasteiger partial charge >= 0.3 is 5.97 Å². The molecule has 3 aliphatic rings. The summed E-state index contributed by atoms with van der Waals surface area (Å²) in [6, 6.07) is 12.5. The number of fused-ring (bicyclic) bond motifs is 6. The minimum Gasteiger partial charge on any atom is -0.449 e. The van der Waals surface area contributed by atoms with Crippen molar-refractivity contribution in [3.8, 4) is 0 Å². The number of ketones is 1. The molecule has 0 radical (unpaired) electrons. The minimum atomic E-state index is -1.46. The summed E-state index contributed by atoms with van der Waals surface area (Å²) in [6.07, 6.45) is -1.11. The number of hydrogen-bond donors (Lipinski definition) is 1. The van der Waals surface area contributed by atoms with Crippen molar-refractivity contribution in [3.05, 3.63) is 70.3 Å². The zero-order valence-corrected chi connectivity index (χ0v) is 20.8. The molecular formula is C27H26N4O6. The van der Waals surface area contributed by atoms with Gasteiger partial charge in [0, 0.05) is 17.9 Å². The summed E-state index contributed by atoms with van der Waals surface area (Å²) in [5.74, 6) is -2.06. The molecule has 1 N–H and O–H groups in total. The van der Waals surface area contributed by atoms with Crippen LogP contribution in [0.1, 0.15) is 56.3 Å². The smallest absolute Gasteiger partial charge is 0.330 e. The molecule has 10 heteroatoms. The summed E-state index contributed by atoms with van der Waals surface area (Å²) < 4.78 is 7.19. The van der Waals surface area contributed by atoms with E-state index in [0.717, 1.165) is 9.63 Å². The van der Waals surface area contributed by atoms with Crippen LogP contribution >= 0.6 is 0 Å². The summed E-state index contributed by atoms with van der Waals surface area (Å²) in [6.45, 7) is 6.58. The summed E-state index contributed by atoms with van der Waals surface area (Å²) in [5.41, 5.74) is -1.82. The van der Waals surface area contributed by atoms with E-state index in [9.17, 15) is 24.4 Å². The van der Waals surface area contributed by atoms with Crippen LogP contribution in [-0.4, -0.2) is 49.2 Å². The first-order valence-corrected chi connectivity index (χ1v) is 12.2. The first-order valence-electron chi connectivity index (χ1n) is 12.2. The highest BCUT2D eigenvalue weighted by Gasteiger charge is 2.70. The molecule has 0 aliphatic carbocycles. The summed E-state index contributed by atoms with van der Waals surface area (Å²) >= 11 is 0. The van der Waals surface area contributed by atoms with Crippen molar-refractivity contribution in [2.75, 3.05) is 4.90 Å². The van der Waals surface area contributed by atoms with Gasteiger partial charge in [-0.1, -0.05) is 44.2 Å². The van der Waals surface area contributed by atoms with Gasteiger partial charge in [-0.3, -0.25) is 23.9 Å². The topological polar surface area (TPSA) is 122 Å². The zero-order chi connectivity index (χ0) is 26.4. The molecule has 0 bridgehead atoms. The van der Waals surface area contributed by atoms with E-state index in [2.05, 4.69) is 4.98 Å². The molecule has 1 amide bonds. The fourth-order valence-corrected chi connectivity index (χ4v) is 5.79. The number of anilines is 1. The molecule has 3 atom stereocenters. The van der Waals surface area contributed by atoms with Gasteiger partial charge in [-0.2, -0.15) is 0 Å². The van der Waals surface area contributed by atoms with E-state index in [1.165, 1.54) is 4.90 Å². The predicted octanol–water partition coefficient (Wildman–Crippen LogP) is 2.77. The van der Waals surface area contributed by atoms with Gasteiger partial charge in [0.2, 0.25) is 5.78 Å². The molecule has 2 fully saturated rings. The van der Waals surface area contributed by atoms with Crippen molar-refractivity contribution in [2.45, 2.75) is 57.5 Å². The highest BCUT2D eigenvalue weighted by atomic mass is 16.6. The number of rotatable bonds is 3. The lowest BCUT2D eigenvalue weighted by atomic mass is 9.87. The van der Waals surface area contributed by atoms with E-state index in [0.29, 0.717) is 16.8 Å². The van der Waals surface area contributed by atoms with E-state index in [-0.39, 0.29) is 29.3 Å². The number of carbonyl (C=O) groups is 3. The molecular weight excluding hydrogens is 476 g/mol. The molecule has 6 rings (SSSR count). The fourth-order valence-electron chi connectivity index (χ4n) is 5.79. The highest BCUT2D eigenvalue weighted by Crippen LogP contribution is 2.58. The Balaban J connectivity index is 1.57. The van der Waals surface area contributed by atoms with Crippen LogP contribution in [-0.2, 0) is 19.9 Å². The van der Waals surface area contributed by atoms with Crippen molar-refractivity contribution >= 4 is 34.3 Å². The minimum absolute atomic E-state index is 0.0806. The fraction of sp³-hybridized carbons (Fsp3) is 0.370. The van der Waals surface area contributed by atoms with E-state index in [4.69, 9.17) is 4.74 Å². The quantitative estimate of drug-likeness (QED) is 0.429. The second kappa shape index (κ2) is 7.56. The van der Waals surface area contributed by atoms with Gasteiger partial charge in [0.1, 0.15) is 11.6 Å². The van der Waals surface area contributed by atoms with Gasteiger partial charge in [0.25, 0.3) is 11.5 Å². The maximum atomic E-state index is 13.7. The second-order valence-electron chi connectivity index (χ2n) is 10.6. The van der Waals surface area contributed by atoms with Gasteiger partial charge in [-0.15, -0.1) is 5.06 Å². The Morgan fingerprint density at radius 3 is 2.49 bits per heavy atom. The summed E-state index contributed by atoms with van der Waals surface area (Å²) in [4.78, 5) is 59.9. The maximum Gasteiger partial charge on any atom is 0.330 e. The molecule has 3 aliphatic heterocycles. The van der Waals surface area contributed by atoms with Crippen molar-refractivity contribution in [2.24, 2.45) is 5.92 Å². The van der Waals surface area contributed by atoms with Crippen LogP contribution in [0.2, 0.25) is 0 Å². The van der Waals surface area contributed by atoms with Gasteiger partial charge in [0.05, 0.1) is 16.6 Å². The normalized spacial score (nSPS) is 26.3. The highest BCUT2D eigenvalue weighted by molar-refractivity contribution is 6.05. The molecule has 1 aromatic heterocycles. The van der Waals surface area contributed by atoms with E-state index in [1.54, 1.807) is 76.2 Å². The van der Waals surface area contributed by atoms with E-state index in [1.807, 2.05) is 0 Å². The second-order valence-corrected chi connectivity index (χ2v) is 10.6. The van der Waals surface area contributed by atoms with Gasteiger partial charge < -0.3 is 9.94 Å². The molecule has 2 aromatic carbocycles. The average molecular weight is 503 g/mol. The number of Topliss-reactive ketones (excluding diaryl/α,β-unsaturated/α-hetero) is 1. The molecule has 0 saturated carbocycles. The Bertz CT molecular complexity index is 1580. The van der Waals surface area contributed by atoms with Crippen molar-refractivity contribution in [1.29, 1.82) is 0 Å². The van der Waals surface area contributed by atoms with Crippen LogP contribution in [0, 0.1) is 5.92 Å². The molecule has 1 spiro atoms. The van der Waals surface area contributed by atoms with Gasteiger partial charge in [0.15, 0.2) is 17.6 Å². The first-order chi connectivity index (χ1) is 17.5. The molecule has 4 heterocycles. The Morgan fingerprint density at radius 1 is 1.08 bits per heavy atom. The Kier molecular flexibility index (Phi) is 4.80. The molecule has 3 aromatic rings. The maximum absolute atomic E-state index is 13.7. The number of nitrogens with zero attached hydrogens (tertiary/aromatic N) is 4. The Labute approximate surface area is 212 Å². The predicted molar refractivity (Wildman–Crippen MR) is 132 cm³/mol. The van der Waals surface area contributed by atoms with Crippen LogP contribution in [0.3, 0.4) is 0 Å². The van der Waals surface area contributed by atoms with Crippen LogP contribution in [0.4, 0.5) is 5.69 Å². The number of benzene rings is 2. The number of carbonyl (C=O) groups excluding carboxylic acids is 3. The molecule has 10 nitrogen and oxygen atoms in total. The Hall–Kier alpha value is -3.89.